The van der Waals surface area contributed by atoms with Gasteiger partial charge in [0, 0.05) is 39.1 Å². The number of aryl methyl sites for hydroxylation is 1. The van der Waals surface area contributed by atoms with E-state index in [1.165, 1.54) is 5.56 Å². The van der Waals surface area contributed by atoms with Gasteiger partial charge in [-0.2, -0.15) is 0 Å². The summed E-state index contributed by atoms with van der Waals surface area (Å²) in [4.78, 5) is 16.7. The molecule has 5 nitrogen and oxygen atoms in total. The molecule has 26 heavy (non-hydrogen) atoms. The molecular formula is C21H32N2O3. The van der Waals surface area contributed by atoms with Crippen LogP contribution in [0.1, 0.15) is 31.2 Å². The Bertz CT molecular complexity index is 537. The zero-order valence-electron chi connectivity index (χ0n) is 15.7. The Balaban J connectivity index is 1.34. The van der Waals surface area contributed by atoms with Gasteiger partial charge in [-0.3, -0.25) is 9.69 Å². The minimum atomic E-state index is -0.263. The molecule has 2 aliphatic heterocycles. The Morgan fingerprint density at radius 3 is 2.50 bits per heavy atom. The lowest BCUT2D eigenvalue weighted by Crippen LogP contribution is -2.43. The van der Waals surface area contributed by atoms with Gasteiger partial charge in [-0.15, -0.1) is 0 Å². The van der Waals surface area contributed by atoms with E-state index in [0.29, 0.717) is 12.3 Å². The lowest BCUT2D eigenvalue weighted by atomic mass is 9.88. The molecule has 0 radical (unpaired) electrons. The van der Waals surface area contributed by atoms with Crippen LogP contribution >= 0.6 is 0 Å². The molecule has 1 amide bonds. The monoisotopic (exact) mass is 360 g/mol. The van der Waals surface area contributed by atoms with Crippen LogP contribution in [0.2, 0.25) is 0 Å². The molecule has 1 aromatic rings. The highest BCUT2D eigenvalue weighted by molar-refractivity contribution is 5.76. The van der Waals surface area contributed by atoms with Gasteiger partial charge in [0.1, 0.15) is 0 Å². The van der Waals surface area contributed by atoms with Gasteiger partial charge < -0.3 is 14.7 Å². The van der Waals surface area contributed by atoms with Crippen molar-refractivity contribution < 1.29 is 14.6 Å². The van der Waals surface area contributed by atoms with Crippen molar-refractivity contribution in [3.8, 4) is 0 Å². The maximum atomic E-state index is 12.4. The first-order valence-electron chi connectivity index (χ1n) is 10.0. The van der Waals surface area contributed by atoms with E-state index in [0.717, 1.165) is 71.6 Å². The van der Waals surface area contributed by atoms with E-state index in [2.05, 4.69) is 17.0 Å². The first kappa shape index (κ1) is 19.3. The van der Waals surface area contributed by atoms with Crippen molar-refractivity contribution >= 4 is 5.91 Å². The Hall–Kier alpha value is -1.43. The van der Waals surface area contributed by atoms with Crippen LogP contribution in [0.15, 0.2) is 30.3 Å². The number of carbonyl (C=O) groups is 1. The second kappa shape index (κ2) is 10.0. The highest BCUT2D eigenvalue weighted by atomic mass is 16.5. The zero-order chi connectivity index (χ0) is 18.2. The number of piperidine rings is 1. The van der Waals surface area contributed by atoms with Gasteiger partial charge in [-0.1, -0.05) is 30.3 Å². The van der Waals surface area contributed by atoms with E-state index in [-0.39, 0.29) is 12.0 Å². The number of aliphatic hydroxyl groups is 1. The van der Waals surface area contributed by atoms with Crippen molar-refractivity contribution in [1.29, 1.82) is 0 Å². The van der Waals surface area contributed by atoms with Gasteiger partial charge in [-0.05, 0) is 37.2 Å². The lowest BCUT2D eigenvalue weighted by molar-refractivity contribution is -0.133. The number of aliphatic hydroxyl groups excluding tert-OH is 1. The molecule has 1 unspecified atom stereocenters. The number of ether oxygens (including phenoxy) is 1. The van der Waals surface area contributed by atoms with Crippen LogP contribution in [0.5, 0.6) is 0 Å². The van der Waals surface area contributed by atoms with Crippen LogP contribution in [0.4, 0.5) is 0 Å². The second-order valence-corrected chi connectivity index (χ2v) is 7.51. The largest absolute Gasteiger partial charge is 0.393 e. The van der Waals surface area contributed by atoms with E-state index >= 15 is 0 Å². The number of hydrogen-bond acceptors (Lipinski definition) is 4. The molecule has 0 aromatic heterocycles. The molecule has 1 atom stereocenters. The average Bonchev–Trinajstić information content (AvgIpc) is 2.72. The molecule has 5 heteroatoms. The van der Waals surface area contributed by atoms with Crippen molar-refractivity contribution in [2.75, 3.05) is 45.9 Å². The summed E-state index contributed by atoms with van der Waals surface area (Å²) >= 11 is 0. The third-order valence-corrected chi connectivity index (χ3v) is 5.75. The highest BCUT2D eigenvalue weighted by Crippen LogP contribution is 2.24. The summed E-state index contributed by atoms with van der Waals surface area (Å²) in [5.41, 5.74) is 1.28. The van der Waals surface area contributed by atoms with Gasteiger partial charge in [0.15, 0.2) is 0 Å². The molecule has 0 spiro atoms. The van der Waals surface area contributed by atoms with E-state index in [4.69, 9.17) is 4.74 Å². The first-order valence-corrected chi connectivity index (χ1v) is 10.0. The van der Waals surface area contributed by atoms with Crippen molar-refractivity contribution in [1.82, 2.24) is 9.80 Å². The minimum Gasteiger partial charge on any atom is -0.393 e. The maximum Gasteiger partial charge on any atom is 0.223 e. The second-order valence-electron chi connectivity index (χ2n) is 7.51. The van der Waals surface area contributed by atoms with E-state index in [1.807, 2.05) is 23.1 Å². The van der Waals surface area contributed by atoms with Crippen molar-refractivity contribution in [2.24, 2.45) is 5.92 Å². The number of carbonyl (C=O) groups excluding carboxylic acids is 1. The average molecular weight is 360 g/mol. The van der Waals surface area contributed by atoms with Gasteiger partial charge >= 0.3 is 0 Å². The maximum absolute atomic E-state index is 12.4. The third-order valence-electron chi connectivity index (χ3n) is 5.75. The van der Waals surface area contributed by atoms with Crippen LogP contribution in [0.25, 0.3) is 0 Å². The van der Waals surface area contributed by atoms with Crippen molar-refractivity contribution in [3.63, 3.8) is 0 Å². The summed E-state index contributed by atoms with van der Waals surface area (Å²) in [7, 11) is 0. The SMILES string of the molecule is O=C(CCN1CCOCC1)N1CCC(C(O)CCc2ccccc2)CC1. The van der Waals surface area contributed by atoms with Crippen LogP contribution < -0.4 is 0 Å². The molecule has 0 saturated carbocycles. The first-order chi connectivity index (χ1) is 12.7. The van der Waals surface area contributed by atoms with E-state index in [1.54, 1.807) is 0 Å². The molecule has 1 aromatic carbocycles. The van der Waals surface area contributed by atoms with Gasteiger partial charge in [0.05, 0.1) is 19.3 Å². The van der Waals surface area contributed by atoms with Crippen LogP contribution in [0.3, 0.4) is 0 Å². The Morgan fingerprint density at radius 1 is 1.12 bits per heavy atom. The van der Waals surface area contributed by atoms with E-state index in [9.17, 15) is 9.90 Å². The molecular weight excluding hydrogens is 328 g/mol. The fourth-order valence-corrected chi connectivity index (χ4v) is 3.97. The summed E-state index contributed by atoms with van der Waals surface area (Å²) in [5.74, 6) is 0.579. The molecule has 0 bridgehead atoms. The van der Waals surface area contributed by atoms with Crippen LogP contribution in [0, 0.1) is 5.92 Å². The van der Waals surface area contributed by atoms with Gasteiger partial charge in [0.25, 0.3) is 0 Å². The molecule has 2 aliphatic rings. The smallest absolute Gasteiger partial charge is 0.223 e. The predicted octanol–water partition coefficient (Wildman–Crippen LogP) is 1.94. The topological polar surface area (TPSA) is 53.0 Å². The fraction of sp³-hybridized carbons (Fsp3) is 0.667. The summed E-state index contributed by atoms with van der Waals surface area (Å²) < 4.78 is 5.34. The molecule has 0 aliphatic carbocycles. The molecule has 3 rings (SSSR count). The van der Waals surface area contributed by atoms with Crippen molar-refractivity contribution in [3.05, 3.63) is 35.9 Å². The molecule has 2 saturated heterocycles. The normalized spacial score (nSPS) is 20.9. The number of benzene rings is 1. The predicted molar refractivity (Wildman–Crippen MR) is 102 cm³/mol. The standard InChI is InChI=1S/C21H32N2O3/c24-20(7-6-18-4-2-1-3-5-18)19-8-12-23(13-9-19)21(25)10-11-22-14-16-26-17-15-22/h1-5,19-20,24H,6-17H2. The summed E-state index contributed by atoms with van der Waals surface area (Å²) in [5, 5.41) is 10.5. The number of morpholine rings is 1. The lowest BCUT2D eigenvalue weighted by Gasteiger charge is -2.35. The number of hydrogen-bond donors (Lipinski definition) is 1. The highest BCUT2D eigenvalue weighted by Gasteiger charge is 2.27. The molecule has 144 valence electrons. The van der Waals surface area contributed by atoms with Gasteiger partial charge in [0.2, 0.25) is 5.91 Å². The zero-order valence-corrected chi connectivity index (χ0v) is 15.7. The fourth-order valence-electron chi connectivity index (χ4n) is 3.97. The van der Waals surface area contributed by atoms with Crippen LogP contribution in [-0.4, -0.2) is 72.9 Å². The number of likely N-dealkylation sites (tertiary alicyclic amines) is 1. The number of nitrogens with zero attached hydrogens (tertiary/aromatic N) is 2. The van der Waals surface area contributed by atoms with Crippen LogP contribution in [-0.2, 0) is 16.0 Å². The summed E-state index contributed by atoms with van der Waals surface area (Å²) in [6, 6.07) is 10.3. The Morgan fingerprint density at radius 2 is 1.81 bits per heavy atom. The quantitative estimate of drug-likeness (QED) is 0.807. The van der Waals surface area contributed by atoms with Gasteiger partial charge in [-0.25, -0.2) is 0 Å². The molecule has 1 N–H and O–H groups in total. The summed E-state index contributed by atoms with van der Waals surface area (Å²) in [6.45, 7) is 5.83. The summed E-state index contributed by atoms with van der Waals surface area (Å²) in [6.07, 6.45) is 3.89. The Labute approximate surface area is 156 Å². The molecule has 2 fully saturated rings. The van der Waals surface area contributed by atoms with Crippen molar-refractivity contribution in [2.45, 2.75) is 38.2 Å². The number of amides is 1. The minimum absolute atomic E-state index is 0.258. The Kier molecular flexibility index (Phi) is 7.47. The molecule has 2 heterocycles. The number of rotatable bonds is 7. The third kappa shape index (κ3) is 5.79. The van der Waals surface area contributed by atoms with E-state index < -0.39 is 0 Å².